The minimum absolute atomic E-state index is 0.00357. The number of benzene rings is 2. The number of halogens is 3. The van der Waals surface area contributed by atoms with Gasteiger partial charge in [-0.15, -0.1) is 0 Å². The number of ether oxygens (including phenoxy) is 2. The summed E-state index contributed by atoms with van der Waals surface area (Å²) in [6.07, 6.45) is -1.04. The van der Waals surface area contributed by atoms with Crippen molar-refractivity contribution in [1.29, 1.82) is 0 Å². The number of rotatable bonds is 15. The van der Waals surface area contributed by atoms with Crippen LogP contribution in [0.4, 0.5) is 13.2 Å². The topological polar surface area (TPSA) is 71.1 Å². The van der Waals surface area contributed by atoms with Crippen molar-refractivity contribution in [3.05, 3.63) is 71.8 Å². The second-order valence-corrected chi connectivity index (χ2v) is 17.0. The largest absolute Gasteiger partial charge is 0.523 e. The summed E-state index contributed by atoms with van der Waals surface area (Å²) >= 11 is 0. The Morgan fingerprint density at radius 3 is 1.58 bits per heavy atom. The molecule has 38 heavy (non-hydrogen) atoms. The minimum atomic E-state index is -5.71. The zero-order valence-corrected chi connectivity index (χ0v) is 24.5. The van der Waals surface area contributed by atoms with Crippen molar-refractivity contribution in [3.63, 3.8) is 0 Å². The summed E-state index contributed by atoms with van der Waals surface area (Å²) in [4.78, 5) is 0. The Labute approximate surface area is 225 Å². The highest BCUT2D eigenvalue weighted by atomic mass is 32.2. The maximum atomic E-state index is 12.8. The van der Waals surface area contributed by atoms with E-state index in [2.05, 4.69) is 38.0 Å². The molecule has 0 bridgehead atoms. The van der Waals surface area contributed by atoms with E-state index in [0.29, 0.717) is 13.0 Å². The number of hydrogen-bond acceptors (Lipinski definition) is 6. The fourth-order valence-corrected chi connectivity index (χ4v) is 4.81. The second-order valence-electron chi connectivity index (χ2n) is 10.6. The van der Waals surface area contributed by atoms with E-state index in [4.69, 9.17) is 13.9 Å². The molecule has 0 radical (unpaired) electrons. The Hall–Kier alpha value is -1.76. The molecule has 2 atom stereocenters. The summed E-state index contributed by atoms with van der Waals surface area (Å²) in [6, 6.07) is 18.8. The van der Waals surface area contributed by atoms with Gasteiger partial charge in [0.2, 0.25) is 0 Å². The molecule has 6 nitrogen and oxygen atoms in total. The van der Waals surface area contributed by atoms with Crippen LogP contribution in [0.2, 0.25) is 18.1 Å². The van der Waals surface area contributed by atoms with Crippen molar-refractivity contribution < 1.29 is 39.7 Å². The van der Waals surface area contributed by atoms with Crippen LogP contribution < -0.4 is 0 Å². The SMILES string of the molecule is CC(C)(C)[Si](C)(C)OCC[C@@H](OCc1ccccc1)[C@@H](CCOS(=O)(=O)C(F)(F)F)OCc1ccccc1. The molecule has 0 spiro atoms. The molecule has 214 valence electrons. The lowest BCUT2D eigenvalue weighted by Crippen LogP contribution is -2.42. The van der Waals surface area contributed by atoms with E-state index >= 15 is 0 Å². The van der Waals surface area contributed by atoms with Crippen molar-refractivity contribution in [2.75, 3.05) is 13.2 Å². The van der Waals surface area contributed by atoms with Crippen LogP contribution in [0.3, 0.4) is 0 Å². The standard InChI is InChI=1S/C27H39F3O6SSi/c1-26(2,3)38(4,5)36-19-17-25(34-21-23-14-10-7-11-15-23)24(33-20-22-12-8-6-9-13-22)16-18-35-37(31,32)27(28,29)30/h6-15,24-25H,16-21H2,1-5H3/t24-,25-/m1/s1. The van der Waals surface area contributed by atoms with Gasteiger partial charge in [-0.2, -0.15) is 21.6 Å². The summed E-state index contributed by atoms with van der Waals surface area (Å²) in [6.45, 7) is 10.7. The fourth-order valence-electron chi connectivity index (χ4n) is 3.30. The normalized spacial score (nSPS) is 14.8. The van der Waals surface area contributed by atoms with Gasteiger partial charge in [0, 0.05) is 13.0 Å². The van der Waals surface area contributed by atoms with Gasteiger partial charge >= 0.3 is 15.6 Å². The highest BCUT2D eigenvalue weighted by molar-refractivity contribution is 7.87. The van der Waals surface area contributed by atoms with Crippen LogP contribution in [0.1, 0.15) is 44.7 Å². The third-order valence-electron chi connectivity index (χ3n) is 6.62. The molecule has 0 heterocycles. The summed E-state index contributed by atoms with van der Waals surface area (Å²) in [5, 5.41) is -0.00357. The number of alkyl halides is 3. The van der Waals surface area contributed by atoms with Gasteiger partial charge in [-0.25, -0.2) is 0 Å². The summed E-state index contributed by atoms with van der Waals surface area (Å²) in [5.74, 6) is 0. The van der Waals surface area contributed by atoms with Crippen molar-refractivity contribution >= 4 is 18.4 Å². The van der Waals surface area contributed by atoms with Crippen molar-refractivity contribution in [3.8, 4) is 0 Å². The Morgan fingerprint density at radius 2 is 1.18 bits per heavy atom. The molecule has 0 amide bonds. The van der Waals surface area contributed by atoms with Crippen molar-refractivity contribution in [1.82, 2.24) is 0 Å². The van der Waals surface area contributed by atoms with Crippen LogP contribution in [-0.2, 0) is 41.4 Å². The lowest BCUT2D eigenvalue weighted by atomic mass is 10.1. The molecule has 0 aromatic heterocycles. The Morgan fingerprint density at radius 1 is 0.763 bits per heavy atom. The smallest absolute Gasteiger partial charge is 0.417 e. The molecule has 0 saturated heterocycles. The van der Waals surface area contributed by atoms with Gasteiger partial charge < -0.3 is 13.9 Å². The molecule has 2 aromatic rings. The maximum Gasteiger partial charge on any atom is 0.523 e. The molecule has 0 fully saturated rings. The van der Waals surface area contributed by atoms with Crippen LogP contribution in [-0.4, -0.2) is 47.7 Å². The van der Waals surface area contributed by atoms with Gasteiger partial charge in [-0.05, 0) is 35.7 Å². The van der Waals surface area contributed by atoms with E-state index in [1.54, 1.807) is 0 Å². The summed E-state index contributed by atoms with van der Waals surface area (Å²) in [7, 11) is -7.77. The van der Waals surface area contributed by atoms with Crippen molar-refractivity contribution in [2.45, 2.75) is 82.7 Å². The second kappa shape index (κ2) is 14.0. The van der Waals surface area contributed by atoms with Gasteiger partial charge in [-0.3, -0.25) is 4.18 Å². The van der Waals surface area contributed by atoms with Crippen LogP contribution in [0.15, 0.2) is 60.7 Å². The van der Waals surface area contributed by atoms with Crippen molar-refractivity contribution in [2.24, 2.45) is 0 Å². The van der Waals surface area contributed by atoms with Crippen LogP contribution in [0.5, 0.6) is 0 Å². The van der Waals surface area contributed by atoms with E-state index in [0.717, 1.165) is 11.1 Å². The van der Waals surface area contributed by atoms with Crippen LogP contribution in [0, 0.1) is 0 Å². The van der Waals surface area contributed by atoms with Crippen LogP contribution in [0.25, 0.3) is 0 Å². The molecule has 0 saturated carbocycles. The van der Waals surface area contributed by atoms with E-state index in [1.807, 2.05) is 60.7 Å². The minimum Gasteiger partial charge on any atom is -0.417 e. The molecule has 11 heteroatoms. The van der Waals surface area contributed by atoms with E-state index in [1.165, 1.54) is 0 Å². The van der Waals surface area contributed by atoms with Gasteiger partial charge in [0.15, 0.2) is 8.32 Å². The first kappa shape index (κ1) is 32.4. The highest BCUT2D eigenvalue weighted by Crippen LogP contribution is 2.36. The predicted molar refractivity (Wildman–Crippen MR) is 143 cm³/mol. The maximum absolute atomic E-state index is 12.8. The lowest BCUT2D eigenvalue weighted by Gasteiger charge is -2.37. The monoisotopic (exact) mass is 576 g/mol. The fraction of sp³-hybridized carbons (Fsp3) is 0.556. The first-order valence-electron chi connectivity index (χ1n) is 12.5. The van der Waals surface area contributed by atoms with Crippen LogP contribution >= 0.6 is 0 Å². The predicted octanol–water partition coefficient (Wildman–Crippen LogP) is 6.83. The Bertz CT molecular complexity index is 1060. The Kier molecular flexibility index (Phi) is 12.0. The molecular weight excluding hydrogens is 537 g/mol. The molecule has 0 aliphatic rings. The molecule has 0 unspecified atom stereocenters. The third-order valence-corrected chi connectivity index (χ3v) is 12.2. The van der Waals surface area contributed by atoms with E-state index < -0.39 is 42.8 Å². The molecule has 0 aliphatic heterocycles. The van der Waals surface area contributed by atoms with Gasteiger partial charge in [0.25, 0.3) is 0 Å². The van der Waals surface area contributed by atoms with E-state index in [9.17, 15) is 21.6 Å². The number of hydrogen-bond donors (Lipinski definition) is 0. The first-order chi connectivity index (χ1) is 17.6. The molecule has 0 N–H and O–H groups in total. The molecule has 2 aromatic carbocycles. The van der Waals surface area contributed by atoms with Gasteiger partial charge in [0.1, 0.15) is 0 Å². The zero-order chi connectivity index (χ0) is 28.5. The van der Waals surface area contributed by atoms with Gasteiger partial charge in [-0.1, -0.05) is 81.4 Å². The zero-order valence-electron chi connectivity index (χ0n) is 22.7. The third kappa shape index (κ3) is 10.4. The van der Waals surface area contributed by atoms with Gasteiger partial charge in [0.05, 0.1) is 32.0 Å². The molecular formula is C27H39F3O6SSi. The summed E-state index contributed by atoms with van der Waals surface area (Å²) in [5.41, 5.74) is -3.71. The molecule has 0 aliphatic carbocycles. The Balaban J connectivity index is 2.20. The average molecular weight is 577 g/mol. The molecule has 2 rings (SSSR count). The summed E-state index contributed by atoms with van der Waals surface area (Å²) < 4.78 is 84.1. The quantitative estimate of drug-likeness (QED) is 0.132. The average Bonchev–Trinajstić information content (AvgIpc) is 2.83. The lowest BCUT2D eigenvalue weighted by molar-refractivity contribution is -0.0993. The van der Waals surface area contributed by atoms with E-state index in [-0.39, 0.29) is 24.7 Å². The first-order valence-corrected chi connectivity index (χ1v) is 16.8. The highest BCUT2D eigenvalue weighted by Gasteiger charge is 2.47.